The van der Waals surface area contributed by atoms with Crippen molar-refractivity contribution in [3.8, 4) is 0 Å². The molecular weight excluding hydrogens is 403 g/mol. The molecule has 23 heavy (non-hydrogen) atoms. The molecule has 0 aliphatic rings. The van der Waals surface area contributed by atoms with Crippen molar-refractivity contribution in [2.75, 3.05) is 40.8 Å². The van der Waals surface area contributed by atoms with Crippen LogP contribution in [0.15, 0.2) is 35.3 Å². The van der Waals surface area contributed by atoms with Gasteiger partial charge in [0.2, 0.25) is 0 Å². The number of hydrogen-bond acceptors (Lipinski definition) is 3. The summed E-state index contributed by atoms with van der Waals surface area (Å²) in [6.07, 6.45) is 0. The molecule has 0 radical (unpaired) electrons. The van der Waals surface area contributed by atoms with E-state index in [-0.39, 0.29) is 29.6 Å². The molecule has 132 valence electrons. The highest BCUT2D eigenvalue weighted by Crippen LogP contribution is 2.04. The van der Waals surface area contributed by atoms with E-state index in [1.807, 2.05) is 19.9 Å². The smallest absolute Gasteiger partial charge is 0.191 e. The van der Waals surface area contributed by atoms with Crippen LogP contribution in [-0.2, 0) is 11.3 Å². The van der Waals surface area contributed by atoms with Gasteiger partial charge in [0.05, 0.1) is 5.60 Å². The number of aliphatic imine (C=N–C) groups is 1. The van der Waals surface area contributed by atoms with E-state index >= 15 is 0 Å². The number of nitrogens with zero attached hydrogens (tertiary/aromatic N) is 2. The van der Waals surface area contributed by atoms with Gasteiger partial charge >= 0.3 is 0 Å². The lowest BCUT2D eigenvalue weighted by molar-refractivity contribution is 0.0268. The molecule has 1 rings (SSSR count). The van der Waals surface area contributed by atoms with Crippen LogP contribution in [0.4, 0.5) is 0 Å². The highest BCUT2D eigenvalue weighted by molar-refractivity contribution is 14.0. The molecule has 0 fully saturated rings. The summed E-state index contributed by atoms with van der Waals surface area (Å²) in [5.41, 5.74) is 1.12. The maximum absolute atomic E-state index is 5.39. The second-order valence-corrected chi connectivity index (χ2v) is 6.04. The standard InChI is InChI=1S/C17H30N4O.HI/c1-17(2,22-5)14-20-16(18-3)19-11-12-21(4)13-15-9-7-6-8-10-15;/h6-10H,11-14H2,1-5H3,(H2,18,19,20);1H. The van der Waals surface area contributed by atoms with Gasteiger partial charge in [-0.2, -0.15) is 0 Å². The average molecular weight is 434 g/mol. The zero-order valence-corrected chi connectivity index (χ0v) is 17.3. The molecule has 2 N–H and O–H groups in total. The molecule has 1 aromatic carbocycles. The molecule has 0 amide bonds. The van der Waals surface area contributed by atoms with E-state index in [0.29, 0.717) is 6.54 Å². The van der Waals surface area contributed by atoms with Crippen LogP contribution in [0.2, 0.25) is 0 Å². The Balaban J connectivity index is 0.00000484. The van der Waals surface area contributed by atoms with E-state index in [4.69, 9.17) is 4.74 Å². The van der Waals surface area contributed by atoms with E-state index in [1.165, 1.54) is 5.56 Å². The van der Waals surface area contributed by atoms with Gasteiger partial charge in [-0.25, -0.2) is 0 Å². The Morgan fingerprint density at radius 2 is 1.87 bits per heavy atom. The Morgan fingerprint density at radius 3 is 2.43 bits per heavy atom. The van der Waals surface area contributed by atoms with Crippen molar-refractivity contribution in [2.45, 2.75) is 26.0 Å². The van der Waals surface area contributed by atoms with Gasteiger partial charge in [-0.15, -0.1) is 24.0 Å². The first-order valence-electron chi connectivity index (χ1n) is 7.69. The number of methoxy groups -OCH3 is 1. The second kappa shape index (κ2) is 11.6. The second-order valence-electron chi connectivity index (χ2n) is 6.04. The van der Waals surface area contributed by atoms with Crippen LogP contribution in [0.3, 0.4) is 0 Å². The van der Waals surface area contributed by atoms with Gasteiger partial charge in [-0.1, -0.05) is 30.3 Å². The summed E-state index contributed by atoms with van der Waals surface area (Å²) in [5, 5.41) is 6.60. The van der Waals surface area contributed by atoms with E-state index in [1.54, 1.807) is 14.2 Å². The Morgan fingerprint density at radius 1 is 1.22 bits per heavy atom. The van der Waals surface area contributed by atoms with Crippen LogP contribution in [0.5, 0.6) is 0 Å². The molecule has 0 spiro atoms. The highest BCUT2D eigenvalue weighted by atomic mass is 127. The zero-order valence-electron chi connectivity index (χ0n) is 14.9. The van der Waals surface area contributed by atoms with E-state index in [0.717, 1.165) is 25.6 Å². The number of nitrogens with one attached hydrogen (secondary N) is 2. The van der Waals surface area contributed by atoms with Gasteiger partial charge in [-0.3, -0.25) is 4.99 Å². The summed E-state index contributed by atoms with van der Waals surface area (Å²) in [7, 11) is 5.62. The molecule has 0 aromatic heterocycles. The molecule has 0 bridgehead atoms. The Hall–Kier alpha value is -0.860. The van der Waals surface area contributed by atoms with Crippen molar-refractivity contribution >= 4 is 29.9 Å². The predicted octanol–water partition coefficient (Wildman–Crippen LogP) is 2.33. The number of halogens is 1. The first-order valence-corrected chi connectivity index (χ1v) is 7.69. The van der Waals surface area contributed by atoms with Gasteiger partial charge in [0.1, 0.15) is 0 Å². The van der Waals surface area contributed by atoms with Gasteiger partial charge in [0, 0.05) is 40.3 Å². The maximum atomic E-state index is 5.39. The third kappa shape index (κ3) is 9.78. The van der Waals surface area contributed by atoms with Crippen molar-refractivity contribution < 1.29 is 4.74 Å². The van der Waals surface area contributed by atoms with Crippen LogP contribution in [-0.4, -0.2) is 57.3 Å². The first-order chi connectivity index (χ1) is 10.5. The SMILES string of the molecule is CN=C(NCCN(C)Cc1ccccc1)NCC(C)(C)OC.I. The highest BCUT2D eigenvalue weighted by Gasteiger charge is 2.16. The monoisotopic (exact) mass is 434 g/mol. The molecule has 0 saturated carbocycles. The summed E-state index contributed by atoms with van der Waals surface area (Å²) in [4.78, 5) is 6.51. The third-order valence-electron chi connectivity index (χ3n) is 3.54. The lowest BCUT2D eigenvalue weighted by Gasteiger charge is -2.25. The molecule has 5 nitrogen and oxygen atoms in total. The summed E-state index contributed by atoms with van der Waals surface area (Å²) in [6, 6.07) is 10.5. The van der Waals surface area contributed by atoms with E-state index in [2.05, 4.69) is 51.8 Å². The molecule has 0 atom stereocenters. The fraction of sp³-hybridized carbons (Fsp3) is 0.588. The van der Waals surface area contributed by atoms with Gasteiger partial charge in [0.15, 0.2) is 5.96 Å². The lowest BCUT2D eigenvalue weighted by Crippen LogP contribution is -2.46. The Labute approximate surface area is 157 Å². The van der Waals surface area contributed by atoms with Crippen LogP contribution in [0.1, 0.15) is 19.4 Å². The first kappa shape index (κ1) is 22.1. The summed E-state index contributed by atoms with van der Waals surface area (Å²) < 4.78 is 5.39. The minimum atomic E-state index is -0.207. The van der Waals surface area contributed by atoms with Crippen molar-refractivity contribution in [3.05, 3.63) is 35.9 Å². The molecule has 0 heterocycles. The summed E-state index contributed by atoms with van der Waals surface area (Å²) in [6.45, 7) is 7.54. The van der Waals surface area contributed by atoms with E-state index in [9.17, 15) is 0 Å². The van der Waals surface area contributed by atoms with Gasteiger partial charge < -0.3 is 20.3 Å². The fourth-order valence-electron chi connectivity index (χ4n) is 1.93. The van der Waals surface area contributed by atoms with E-state index < -0.39 is 0 Å². The molecule has 1 aromatic rings. The maximum Gasteiger partial charge on any atom is 0.191 e. The van der Waals surface area contributed by atoms with Crippen LogP contribution in [0, 0.1) is 0 Å². The van der Waals surface area contributed by atoms with Gasteiger partial charge in [0.25, 0.3) is 0 Å². The largest absolute Gasteiger partial charge is 0.377 e. The molecule has 0 unspecified atom stereocenters. The molecule has 0 aliphatic carbocycles. The van der Waals surface area contributed by atoms with Crippen LogP contribution >= 0.6 is 24.0 Å². The average Bonchev–Trinajstić information content (AvgIpc) is 2.51. The molecule has 6 heteroatoms. The quantitative estimate of drug-likeness (QED) is 0.375. The van der Waals surface area contributed by atoms with Crippen molar-refractivity contribution in [1.82, 2.24) is 15.5 Å². The minimum absolute atomic E-state index is 0. The lowest BCUT2D eigenvalue weighted by atomic mass is 10.1. The number of guanidine groups is 1. The minimum Gasteiger partial charge on any atom is -0.377 e. The van der Waals surface area contributed by atoms with Crippen LogP contribution in [0.25, 0.3) is 0 Å². The zero-order chi connectivity index (χ0) is 16.4. The number of hydrogen-bond donors (Lipinski definition) is 2. The molecular formula is C17H31IN4O. The Bertz CT molecular complexity index is 451. The summed E-state index contributed by atoms with van der Waals surface area (Å²) >= 11 is 0. The van der Waals surface area contributed by atoms with Gasteiger partial charge in [-0.05, 0) is 26.5 Å². The fourth-order valence-corrected chi connectivity index (χ4v) is 1.93. The topological polar surface area (TPSA) is 48.9 Å². The van der Waals surface area contributed by atoms with Crippen molar-refractivity contribution in [1.29, 1.82) is 0 Å². The normalized spacial score (nSPS) is 12.0. The molecule has 0 aliphatic heterocycles. The third-order valence-corrected chi connectivity index (χ3v) is 3.54. The Kier molecular flexibility index (Phi) is 11.2. The van der Waals surface area contributed by atoms with Crippen molar-refractivity contribution in [2.24, 2.45) is 4.99 Å². The number of benzene rings is 1. The number of rotatable bonds is 8. The number of ether oxygens (including phenoxy) is 1. The molecule has 0 saturated heterocycles. The van der Waals surface area contributed by atoms with Crippen molar-refractivity contribution in [3.63, 3.8) is 0 Å². The number of likely N-dealkylation sites (N-methyl/N-ethyl adjacent to an activating group) is 1. The predicted molar refractivity (Wildman–Crippen MR) is 109 cm³/mol. The van der Waals surface area contributed by atoms with Crippen LogP contribution < -0.4 is 10.6 Å². The summed E-state index contributed by atoms with van der Waals surface area (Å²) in [5.74, 6) is 0.804.